The molecule has 2 heterocycles. The normalized spacial score (nSPS) is 25.1. The molecule has 19 heavy (non-hydrogen) atoms. The third-order valence-electron chi connectivity index (χ3n) is 4.47. The van der Waals surface area contributed by atoms with Crippen molar-refractivity contribution in [3.05, 3.63) is 17.5 Å². The molecule has 0 unspecified atom stereocenters. The van der Waals surface area contributed by atoms with E-state index in [1.807, 2.05) is 6.20 Å². The lowest BCUT2D eigenvalue weighted by Gasteiger charge is -2.21. The number of nitrogens with one attached hydrogen (secondary N) is 1. The van der Waals surface area contributed by atoms with Gasteiger partial charge >= 0.3 is 0 Å². The van der Waals surface area contributed by atoms with E-state index in [2.05, 4.69) is 29.1 Å². The Balaban J connectivity index is 1.66. The fourth-order valence-electron chi connectivity index (χ4n) is 3.39. The first-order valence-corrected chi connectivity index (χ1v) is 7.44. The Kier molecular flexibility index (Phi) is 3.44. The molecule has 1 atom stereocenters. The Hall–Kier alpha value is -1.16. The monoisotopic (exact) mass is 261 g/mol. The Bertz CT molecular complexity index is 455. The molecule has 1 spiro atoms. The highest BCUT2D eigenvalue weighted by molar-refractivity contribution is 5.31. The molecule has 1 aromatic heterocycles. The largest absolute Gasteiger partial charge is 0.373 e. The molecule has 0 aromatic carbocycles. The van der Waals surface area contributed by atoms with Crippen LogP contribution in [0.5, 0.6) is 0 Å². The van der Waals surface area contributed by atoms with Crippen molar-refractivity contribution >= 4 is 5.95 Å². The van der Waals surface area contributed by atoms with Gasteiger partial charge in [0.05, 0.1) is 18.2 Å². The number of aromatic nitrogens is 2. The maximum atomic E-state index is 6.05. The Morgan fingerprint density at radius 2 is 2.21 bits per heavy atom. The summed E-state index contributed by atoms with van der Waals surface area (Å²) < 4.78 is 6.05. The van der Waals surface area contributed by atoms with Crippen molar-refractivity contribution in [3.63, 3.8) is 0 Å². The molecule has 0 radical (unpaired) electrons. The topological polar surface area (TPSA) is 47.0 Å². The van der Waals surface area contributed by atoms with E-state index in [9.17, 15) is 0 Å². The Labute approximate surface area is 115 Å². The molecule has 4 nitrogen and oxygen atoms in total. The van der Waals surface area contributed by atoms with Crippen LogP contribution >= 0.6 is 0 Å². The van der Waals surface area contributed by atoms with E-state index in [0.717, 1.165) is 31.1 Å². The van der Waals surface area contributed by atoms with Gasteiger partial charge < -0.3 is 10.1 Å². The molecule has 1 aromatic rings. The van der Waals surface area contributed by atoms with Gasteiger partial charge in [0.2, 0.25) is 5.95 Å². The first-order chi connectivity index (χ1) is 9.21. The molecule has 2 fully saturated rings. The molecule has 2 aliphatic rings. The minimum atomic E-state index is 0.163. The van der Waals surface area contributed by atoms with Gasteiger partial charge in [-0.2, -0.15) is 0 Å². The summed E-state index contributed by atoms with van der Waals surface area (Å²) in [6.45, 7) is 4.98. The number of hydrogen-bond acceptors (Lipinski definition) is 4. The van der Waals surface area contributed by atoms with Crippen molar-refractivity contribution in [2.45, 2.75) is 64.0 Å². The zero-order valence-corrected chi connectivity index (χ0v) is 11.9. The van der Waals surface area contributed by atoms with Crippen molar-refractivity contribution in [1.82, 2.24) is 9.97 Å². The Morgan fingerprint density at radius 3 is 2.95 bits per heavy atom. The highest BCUT2D eigenvalue weighted by atomic mass is 16.5. The zero-order valence-electron chi connectivity index (χ0n) is 11.9. The van der Waals surface area contributed by atoms with Crippen molar-refractivity contribution in [2.24, 2.45) is 0 Å². The lowest BCUT2D eigenvalue weighted by Crippen LogP contribution is -2.26. The van der Waals surface area contributed by atoms with Gasteiger partial charge in [0.25, 0.3) is 0 Å². The summed E-state index contributed by atoms with van der Waals surface area (Å²) in [6, 6.07) is 0.366. The smallest absolute Gasteiger partial charge is 0.223 e. The SMILES string of the molecule is CCc1nc(N[C@H]2COC3(CCCC3)C2)ncc1C. The van der Waals surface area contributed by atoms with Gasteiger partial charge in [0.1, 0.15) is 0 Å². The van der Waals surface area contributed by atoms with Crippen molar-refractivity contribution in [3.8, 4) is 0 Å². The van der Waals surface area contributed by atoms with Gasteiger partial charge in [-0.25, -0.2) is 9.97 Å². The summed E-state index contributed by atoms with van der Waals surface area (Å²) in [4.78, 5) is 8.98. The number of ether oxygens (including phenoxy) is 1. The van der Waals surface area contributed by atoms with E-state index in [-0.39, 0.29) is 5.60 Å². The molecule has 1 aliphatic heterocycles. The number of anilines is 1. The van der Waals surface area contributed by atoms with Gasteiger partial charge in [-0.1, -0.05) is 19.8 Å². The van der Waals surface area contributed by atoms with Crippen LogP contribution in [0.3, 0.4) is 0 Å². The van der Waals surface area contributed by atoms with E-state index in [1.54, 1.807) is 0 Å². The van der Waals surface area contributed by atoms with Gasteiger partial charge in [0.15, 0.2) is 0 Å². The van der Waals surface area contributed by atoms with Gasteiger partial charge in [0, 0.05) is 11.9 Å². The molecular formula is C15H23N3O. The second-order valence-corrected chi connectivity index (χ2v) is 5.92. The van der Waals surface area contributed by atoms with Crippen LogP contribution in [-0.2, 0) is 11.2 Å². The van der Waals surface area contributed by atoms with Crippen LogP contribution in [0.2, 0.25) is 0 Å². The minimum Gasteiger partial charge on any atom is -0.373 e. The van der Waals surface area contributed by atoms with Crippen molar-refractivity contribution in [2.75, 3.05) is 11.9 Å². The lowest BCUT2D eigenvalue weighted by molar-refractivity contribution is 0.0103. The van der Waals surface area contributed by atoms with E-state index in [1.165, 1.54) is 31.2 Å². The van der Waals surface area contributed by atoms with Crippen molar-refractivity contribution < 1.29 is 4.74 Å². The van der Waals surface area contributed by atoms with Gasteiger partial charge in [-0.3, -0.25) is 0 Å². The summed E-state index contributed by atoms with van der Waals surface area (Å²) in [5, 5.41) is 3.45. The average molecular weight is 261 g/mol. The average Bonchev–Trinajstić information content (AvgIpc) is 3.03. The number of hydrogen-bond donors (Lipinski definition) is 1. The second kappa shape index (κ2) is 5.08. The highest BCUT2D eigenvalue weighted by Crippen LogP contribution is 2.41. The van der Waals surface area contributed by atoms with E-state index in [0.29, 0.717) is 6.04 Å². The van der Waals surface area contributed by atoms with Gasteiger partial charge in [-0.05, 0) is 38.2 Å². The molecule has 0 amide bonds. The molecule has 1 N–H and O–H groups in total. The minimum absolute atomic E-state index is 0.163. The van der Waals surface area contributed by atoms with Crippen LogP contribution in [-0.4, -0.2) is 28.2 Å². The summed E-state index contributed by atoms with van der Waals surface area (Å²) >= 11 is 0. The van der Waals surface area contributed by atoms with Crippen molar-refractivity contribution in [1.29, 1.82) is 0 Å². The predicted molar refractivity (Wildman–Crippen MR) is 75.3 cm³/mol. The summed E-state index contributed by atoms with van der Waals surface area (Å²) in [6.07, 6.45) is 9.04. The van der Waals surface area contributed by atoms with Crippen LogP contribution in [0.4, 0.5) is 5.95 Å². The second-order valence-electron chi connectivity index (χ2n) is 5.92. The third kappa shape index (κ3) is 2.59. The number of aryl methyl sites for hydroxylation is 2. The molecule has 1 saturated carbocycles. The van der Waals surface area contributed by atoms with Crippen LogP contribution in [0.25, 0.3) is 0 Å². The summed E-state index contributed by atoms with van der Waals surface area (Å²) in [5.41, 5.74) is 2.46. The molecule has 1 aliphatic carbocycles. The maximum absolute atomic E-state index is 6.05. The molecule has 1 saturated heterocycles. The third-order valence-corrected chi connectivity index (χ3v) is 4.47. The van der Waals surface area contributed by atoms with Crippen LogP contribution in [0.15, 0.2) is 6.20 Å². The molecule has 4 heteroatoms. The maximum Gasteiger partial charge on any atom is 0.223 e. The first-order valence-electron chi connectivity index (χ1n) is 7.44. The van der Waals surface area contributed by atoms with Crippen LogP contribution in [0.1, 0.15) is 50.3 Å². The number of nitrogens with zero attached hydrogens (tertiary/aromatic N) is 2. The predicted octanol–water partition coefficient (Wildman–Crippen LogP) is 2.86. The zero-order chi connectivity index (χ0) is 13.3. The molecule has 3 rings (SSSR count). The highest BCUT2D eigenvalue weighted by Gasteiger charge is 2.42. The fraction of sp³-hybridized carbons (Fsp3) is 0.733. The van der Waals surface area contributed by atoms with Crippen LogP contribution in [0, 0.1) is 6.92 Å². The molecule has 104 valence electrons. The van der Waals surface area contributed by atoms with Crippen LogP contribution < -0.4 is 5.32 Å². The van der Waals surface area contributed by atoms with Gasteiger partial charge in [-0.15, -0.1) is 0 Å². The fourth-order valence-corrected chi connectivity index (χ4v) is 3.39. The summed E-state index contributed by atoms with van der Waals surface area (Å²) in [5.74, 6) is 0.756. The standard InChI is InChI=1S/C15H23N3O/c1-3-13-11(2)9-16-14(18-13)17-12-8-15(19-10-12)6-4-5-7-15/h9,12H,3-8,10H2,1-2H3,(H,16,17,18)/t12-/m1/s1. The molecular weight excluding hydrogens is 238 g/mol. The van der Waals surface area contributed by atoms with E-state index < -0.39 is 0 Å². The summed E-state index contributed by atoms with van der Waals surface area (Å²) in [7, 11) is 0. The lowest BCUT2D eigenvalue weighted by atomic mass is 9.96. The van der Waals surface area contributed by atoms with E-state index in [4.69, 9.17) is 4.74 Å². The molecule has 0 bridgehead atoms. The number of rotatable bonds is 3. The van der Waals surface area contributed by atoms with E-state index >= 15 is 0 Å². The quantitative estimate of drug-likeness (QED) is 0.909. The first kappa shape index (κ1) is 12.9. The Morgan fingerprint density at radius 1 is 1.42 bits per heavy atom.